The van der Waals surface area contributed by atoms with E-state index in [0.717, 1.165) is 30.1 Å². The van der Waals surface area contributed by atoms with Gasteiger partial charge in [-0.15, -0.1) is 0 Å². The first-order valence-corrected chi connectivity index (χ1v) is 4.54. The van der Waals surface area contributed by atoms with Crippen LogP contribution in [0.5, 0.6) is 0 Å². The van der Waals surface area contributed by atoms with Crippen molar-refractivity contribution in [3.63, 3.8) is 0 Å². The van der Waals surface area contributed by atoms with E-state index < -0.39 is 11.6 Å². The van der Waals surface area contributed by atoms with Crippen LogP contribution < -0.4 is 4.72 Å². The van der Waals surface area contributed by atoms with E-state index in [9.17, 15) is 8.78 Å². The predicted molar refractivity (Wildman–Crippen MR) is 50.2 cm³/mol. The van der Waals surface area contributed by atoms with Gasteiger partial charge in [-0.3, -0.25) is 0 Å². The summed E-state index contributed by atoms with van der Waals surface area (Å²) < 4.78 is 28.3. The van der Waals surface area contributed by atoms with Crippen molar-refractivity contribution in [2.45, 2.75) is 11.8 Å². The molecule has 0 atom stereocenters. The van der Waals surface area contributed by atoms with Crippen LogP contribution in [0.4, 0.5) is 8.78 Å². The first-order chi connectivity index (χ1) is 6.24. The fraction of sp³-hybridized carbons (Fsp3) is 0.111. The van der Waals surface area contributed by atoms with E-state index in [1.807, 2.05) is 6.92 Å². The molecule has 4 heteroatoms. The number of allylic oxidation sites excluding steroid dienone is 1. The first kappa shape index (κ1) is 10.1. The molecule has 1 aromatic carbocycles. The third-order valence-electron chi connectivity index (χ3n) is 1.30. The molecule has 0 saturated heterocycles. The van der Waals surface area contributed by atoms with Crippen molar-refractivity contribution in [1.82, 2.24) is 4.72 Å². The smallest absolute Gasteiger partial charge is 0.138 e. The summed E-state index contributed by atoms with van der Waals surface area (Å²) in [4.78, 5) is 0.248. The molecule has 0 aliphatic rings. The average molecular weight is 201 g/mol. The third kappa shape index (κ3) is 3.06. The Labute approximate surface area is 80.0 Å². The fourth-order valence-electron chi connectivity index (χ4n) is 0.721. The molecular weight excluding hydrogens is 192 g/mol. The summed E-state index contributed by atoms with van der Waals surface area (Å²) in [5.74, 6) is -0.866. The summed E-state index contributed by atoms with van der Waals surface area (Å²) in [6, 6.07) is 3.35. The standard InChI is InChI=1S/C9H9F2NS/c1-2-5-12-13-9-6-7(10)3-4-8(9)11/h2-6,12H,1H3/b5-2+. The van der Waals surface area contributed by atoms with Gasteiger partial charge in [0.1, 0.15) is 11.6 Å². The van der Waals surface area contributed by atoms with E-state index in [4.69, 9.17) is 0 Å². The molecule has 0 unspecified atom stereocenters. The molecule has 70 valence electrons. The van der Waals surface area contributed by atoms with Gasteiger partial charge in [0.25, 0.3) is 0 Å². The minimum absolute atomic E-state index is 0.248. The Hall–Kier alpha value is -1.03. The Kier molecular flexibility index (Phi) is 3.76. The molecule has 13 heavy (non-hydrogen) atoms. The van der Waals surface area contributed by atoms with Crippen molar-refractivity contribution in [2.24, 2.45) is 0 Å². The van der Waals surface area contributed by atoms with Gasteiger partial charge in [-0.2, -0.15) is 0 Å². The van der Waals surface area contributed by atoms with Crippen molar-refractivity contribution in [3.8, 4) is 0 Å². The highest BCUT2D eigenvalue weighted by Gasteiger charge is 2.02. The summed E-state index contributed by atoms with van der Waals surface area (Å²) in [6.45, 7) is 1.83. The number of nitrogens with one attached hydrogen (secondary N) is 1. The van der Waals surface area contributed by atoms with Crippen LogP contribution >= 0.6 is 11.9 Å². The maximum absolute atomic E-state index is 12.9. The van der Waals surface area contributed by atoms with Crippen molar-refractivity contribution in [1.29, 1.82) is 0 Å². The van der Waals surface area contributed by atoms with Crippen molar-refractivity contribution >= 4 is 11.9 Å². The molecule has 0 aliphatic carbocycles. The topological polar surface area (TPSA) is 12.0 Å². The highest BCUT2D eigenvalue weighted by Crippen LogP contribution is 2.19. The number of hydrogen-bond acceptors (Lipinski definition) is 2. The van der Waals surface area contributed by atoms with Gasteiger partial charge in [-0.25, -0.2) is 8.78 Å². The molecule has 1 aromatic rings. The van der Waals surface area contributed by atoms with E-state index in [1.54, 1.807) is 12.3 Å². The minimum atomic E-state index is -0.439. The molecule has 0 bridgehead atoms. The second-order valence-electron chi connectivity index (χ2n) is 2.29. The highest BCUT2D eigenvalue weighted by molar-refractivity contribution is 7.97. The van der Waals surface area contributed by atoms with Gasteiger partial charge in [0.05, 0.1) is 4.90 Å². The molecule has 0 saturated carbocycles. The Morgan fingerprint density at radius 1 is 1.38 bits per heavy atom. The molecule has 0 aromatic heterocycles. The van der Waals surface area contributed by atoms with Crippen LogP contribution in [0.1, 0.15) is 6.92 Å². The molecule has 0 aliphatic heterocycles. The zero-order chi connectivity index (χ0) is 9.68. The normalized spacial score (nSPS) is 10.7. The van der Waals surface area contributed by atoms with E-state index in [-0.39, 0.29) is 4.90 Å². The molecule has 1 rings (SSSR count). The Bertz CT molecular complexity index is 312. The summed E-state index contributed by atoms with van der Waals surface area (Å²) in [5.41, 5.74) is 0. The Balaban J connectivity index is 2.69. The molecule has 0 fully saturated rings. The number of halogens is 2. The quantitative estimate of drug-likeness (QED) is 0.754. The first-order valence-electron chi connectivity index (χ1n) is 3.72. The zero-order valence-corrected chi connectivity index (χ0v) is 7.87. The average Bonchev–Trinajstić information content (AvgIpc) is 2.11. The Morgan fingerprint density at radius 3 is 2.85 bits per heavy atom. The van der Waals surface area contributed by atoms with Gasteiger partial charge in [0.15, 0.2) is 0 Å². The molecule has 0 amide bonds. The lowest BCUT2D eigenvalue weighted by Crippen LogP contribution is -1.92. The monoisotopic (exact) mass is 201 g/mol. The number of hydrogen-bond donors (Lipinski definition) is 1. The van der Waals surface area contributed by atoms with Crippen molar-refractivity contribution in [2.75, 3.05) is 0 Å². The lowest BCUT2D eigenvalue weighted by atomic mass is 10.3. The summed E-state index contributed by atoms with van der Waals surface area (Å²) in [7, 11) is 0. The largest absolute Gasteiger partial charge is 0.333 e. The maximum Gasteiger partial charge on any atom is 0.138 e. The summed E-state index contributed by atoms with van der Waals surface area (Å²) in [6.07, 6.45) is 3.42. The van der Waals surface area contributed by atoms with Crippen LogP contribution in [-0.4, -0.2) is 0 Å². The molecule has 1 nitrogen and oxygen atoms in total. The summed E-state index contributed by atoms with van der Waals surface area (Å²) in [5, 5.41) is 0. The van der Waals surface area contributed by atoms with E-state index in [0.29, 0.717) is 0 Å². The molecule has 0 spiro atoms. The van der Waals surface area contributed by atoms with Crippen LogP contribution in [0.25, 0.3) is 0 Å². The molecule has 0 radical (unpaired) electrons. The SMILES string of the molecule is C/C=C/NSc1cc(F)ccc1F. The molecule has 1 N–H and O–H groups in total. The van der Waals surface area contributed by atoms with E-state index >= 15 is 0 Å². The van der Waals surface area contributed by atoms with Gasteiger partial charge in [-0.1, -0.05) is 6.08 Å². The second kappa shape index (κ2) is 4.87. The zero-order valence-electron chi connectivity index (χ0n) is 7.05. The van der Waals surface area contributed by atoms with Gasteiger partial charge in [0, 0.05) is 6.20 Å². The fourth-order valence-corrected chi connectivity index (χ4v) is 1.39. The highest BCUT2D eigenvalue weighted by atomic mass is 32.2. The lowest BCUT2D eigenvalue weighted by molar-refractivity contribution is 0.577. The van der Waals surface area contributed by atoms with E-state index in [1.165, 1.54) is 0 Å². The lowest BCUT2D eigenvalue weighted by Gasteiger charge is -2.01. The van der Waals surface area contributed by atoms with Crippen LogP contribution in [0.2, 0.25) is 0 Å². The van der Waals surface area contributed by atoms with E-state index in [2.05, 4.69) is 4.72 Å². The number of rotatable bonds is 3. The Morgan fingerprint density at radius 2 is 2.15 bits per heavy atom. The van der Waals surface area contributed by atoms with Crippen LogP contribution in [0.15, 0.2) is 35.4 Å². The van der Waals surface area contributed by atoms with Crippen molar-refractivity contribution < 1.29 is 8.78 Å². The van der Waals surface area contributed by atoms with Gasteiger partial charge in [0.2, 0.25) is 0 Å². The van der Waals surface area contributed by atoms with Gasteiger partial charge < -0.3 is 4.72 Å². The maximum atomic E-state index is 12.9. The molecular formula is C9H9F2NS. The molecule has 0 heterocycles. The van der Waals surface area contributed by atoms with Crippen LogP contribution in [-0.2, 0) is 0 Å². The van der Waals surface area contributed by atoms with Crippen molar-refractivity contribution in [3.05, 3.63) is 42.1 Å². The van der Waals surface area contributed by atoms with Crippen LogP contribution in [0.3, 0.4) is 0 Å². The predicted octanol–water partition coefficient (Wildman–Crippen LogP) is 3.10. The summed E-state index contributed by atoms with van der Waals surface area (Å²) >= 11 is 1.03. The minimum Gasteiger partial charge on any atom is -0.333 e. The van der Waals surface area contributed by atoms with Gasteiger partial charge >= 0.3 is 0 Å². The number of benzene rings is 1. The second-order valence-corrected chi connectivity index (χ2v) is 3.17. The third-order valence-corrected chi connectivity index (χ3v) is 2.08. The van der Waals surface area contributed by atoms with Crippen LogP contribution in [0, 0.1) is 11.6 Å². The van der Waals surface area contributed by atoms with Gasteiger partial charge in [-0.05, 0) is 37.1 Å².